The maximum atomic E-state index is 12.2. The van der Waals surface area contributed by atoms with Crippen LogP contribution in [0.2, 0.25) is 5.02 Å². The summed E-state index contributed by atoms with van der Waals surface area (Å²) in [4.78, 5) is 24.2. The van der Waals surface area contributed by atoms with Gasteiger partial charge >= 0.3 is 0 Å². The number of hydrogen-bond donors (Lipinski definition) is 2. The van der Waals surface area contributed by atoms with Crippen molar-refractivity contribution >= 4 is 39.9 Å². The monoisotopic (exact) mass is 404 g/mol. The highest BCUT2D eigenvalue weighted by atomic mass is 35.5. The van der Waals surface area contributed by atoms with Gasteiger partial charge in [0.05, 0.1) is 6.04 Å². The maximum Gasteiger partial charge on any atom is 0.237 e. The van der Waals surface area contributed by atoms with Crippen molar-refractivity contribution in [3.63, 3.8) is 0 Å². The van der Waals surface area contributed by atoms with Gasteiger partial charge in [0.2, 0.25) is 11.8 Å². The third-order valence-electron chi connectivity index (χ3n) is 4.51. The van der Waals surface area contributed by atoms with Crippen LogP contribution in [0.1, 0.15) is 29.2 Å². The number of carbonyl (C=O) groups excluding carboxylic acids is 2. The van der Waals surface area contributed by atoms with Gasteiger partial charge in [-0.15, -0.1) is 0 Å². The van der Waals surface area contributed by atoms with Crippen molar-refractivity contribution in [2.45, 2.75) is 25.8 Å². The predicted octanol–water partition coefficient (Wildman–Crippen LogP) is 3.14. The van der Waals surface area contributed by atoms with E-state index in [1.807, 2.05) is 25.1 Å². The summed E-state index contributed by atoms with van der Waals surface area (Å²) >= 11 is 6.02. The summed E-state index contributed by atoms with van der Waals surface area (Å²) in [7, 11) is -1.58. The lowest BCUT2D eigenvalue weighted by molar-refractivity contribution is -0.119. The first-order valence-corrected chi connectivity index (χ1v) is 10.6. The Labute approximate surface area is 166 Å². The Balaban J connectivity index is 1.48. The molecule has 2 atom stereocenters. The van der Waals surface area contributed by atoms with E-state index in [0.29, 0.717) is 10.7 Å². The van der Waals surface area contributed by atoms with Gasteiger partial charge in [-0.1, -0.05) is 41.9 Å². The van der Waals surface area contributed by atoms with Crippen molar-refractivity contribution in [3.8, 4) is 0 Å². The molecule has 27 heavy (non-hydrogen) atoms. The van der Waals surface area contributed by atoms with E-state index in [1.165, 1.54) is 5.56 Å². The Hall–Kier alpha value is -2.18. The SMILES string of the molecule is Cc1ccc(NC(=O)C[S@](=O)CC(=O)N[C@H]2CCc3ccccc32)cc1Cl. The molecule has 7 heteroatoms. The Morgan fingerprint density at radius 3 is 2.67 bits per heavy atom. The van der Waals surface area contributed by atoms with Crippen LogP contribution >= 0.6 is 11.6 Å². The van der Waals surface area contributed by atoms with E-state index in [9.17, 15) is 13.8 Å². The van der Waals surface area contributed by atoms with Gasteiger partial charge < -0.3 is 10.6 Å². The molecule has 142 valence electrons. The first-order chi connectivity index (χ1) is 12.9. The van der Waals surface area contributed by atoms with Crippen LogP contribution in [0.4, 0.5) is 5.69 Å². The van der Waals surface area contributed by atoms with Gasteiger partial charge in [-0.05, 0) is 48.6 Å². The van der Waals surface area contributed by atoms with Crippen molar-refractivity contribution < 1.29 is 13.8 Å². The van der Waals surface area contributed by atoms with Crippen LogP contribution < -0.4 is 10.6 Å². The topological polar surface area (TPSA) is 75.3 Å². The second-order valence-corrected chi connectivity index (χ2v) is 8.46. The fourth-order valence-electron chi connectivity index (χ4n) is 3.15. The standard InChI is InChI=1S/C20H21ClN2O3S/c1-13-6-8-15(10-17(13)21)22-19(24)11-27(26)12-20(25)23-18-9-7-14-4-2-3-5-16(14)18/h2-6,8,10,18H,7,9,11-12H2,1H3,(H,22,24)(H,23,25)/t18-,27-/m0/s1. The minimum atomic E-state index is -1.58. The van der Waals surface area contributed by atoms with Gasteiger partial charge in [-0.25, -0.2) is 0 Å². The molecule has 0 radical (unpaired) electrons. The summed E-state index contributed by atoms with van der Waals surface area (Å²) in [6.45, 7) is 1.87. The molecule has 5 nitrogen and oxygen atoms in total. The van der Waals surface area contributed by atoms with Crippen LogP contribution in [0.25, 0.3) is 0 Å². The smallest absolute Gasteiger partial charge is 0.237 e. The molecular formula is C20H21ClN2O3S. The van der Waals surface area contributed by atoms with Crippen LogP contribution in [-0.2, 0) is 26.8 Å². The summed E-state index contributed by atoms with van der Waals surface area (Å²) < 4.78 is 12.2. The summed E-state index contributed by atoms with van der Waals surface area (Å²) in [6, 6.07) is 13.1. The lowest BCUT2D eigenvalue weighted by Crippen LogP contribution is -2.33. The highest BCUT2D eigenvalue weighted by molar-refractivity contribution is 7.86. The fraction of sp³-hybridized carbons (Fsp3) is 0.300. The molecule has 3 rings (SSSR count). The summed E-state index contributed by atoms with van der Waals surface area (Å²) in [6.07, 6.45) is 1.76. The van der Waals surface area contributed by atoms with E-state index in [0.717, 1.165) is 24.0 Å². The van der Waals surface area contributed by atoms with Gasteiger partial charge in [-0.2, -0.15) is 0 Å². The van der Waals surface area contributed by atoms with Gasteiger partial charge in [0, 0.05) is 21.5 Å². The third-order valence-corrected chi connectivity index (χ3v) is 6.08. The molecule has 0 saturated heterocycles. The highest BCUT2D eigenvalue weighted by Crippen LogP contribution is 2.30. The predicted molar refractivity (Wildman–Crippen MR) is 108 cm³/mol. The zero-order valence-corrected chi connectivity index (χ0v) is 16.5. The Kier molecular flexibility index (Phi) is 6.29. The average Bonchev–Trinajstić information content (AvgIpc) is 3.01. The average molecular weight is 405 g/mol. The number of anilines is 1. The number of hydrogen-bond acceptors (Lipinski definition) is 3. The van der Waals surface area contributed by atoms with E-state index in [1.54, 1.807) is 18.2 Å². The molecular weight excluding hydrogens is 384 g/mol. The number of carbonyl (C=O) groups is 2. The van der Waals surface area contributed by atoms with Crippen molar-refractivity contribution in [1.29, 1.82) is 0 Å². The first kappa shape index (κ1) is 19.6. The van der Waals surface area contributed by atoms with Gasteiger partial charge in [0.15, 0.2) is 0 Å². The molecule has 2 amide bonds. The second-order valence-electron chi connectivity index (χ2n) is 6.60. The molecule has 0 heterocycles. The van der Waals surface area contributed by atoms with E-state index in [4.69, 9.17) is 11.6 Å². The number of amides is 2. The minimum Gasteiger partial charge on any atom is -0.348 e. The minimum absolute atomic E-state index is 0.0470. The normalized spacial score (nSPS) is 16.4. The Morgan fingerprint density at radius 1 is 1.15 bits per heavy atom. The van der Waals surface area contributed by atoms with Crippen LogP contribution in [-0.4, -0.2) is 27.5 Å². The zero-order chi connectivity index (χ0) is 19.4. The van der Waals surface area contributed by atoms with Gasteiger partial charge in [0.1, 0.15) is 11.5 Å². The van der Waals surface area contributed by atoms with Gasteiger partial charge in [0.25, 0.3) is 0 Å². The zero-order valence-electron chi connectivity index (χ0n) is 15.0. The molecule has 0 spiro atoms. The molecule has 0 bridgehead atoms. The van der Waals surface area contributed by atoms with E-state index >= 15 is 0 Å². The lowest BCUT2D eigenvalue weighted by Gasteiger charge is -2.14. The molecule has 2 aromatic rings. The van der Waals surface area contributed by atoms with Crippen LogP contribution in [0.15, 0.2) is 42.5 Å². The molecule has 2 aromatic carbocycles. The molecule has 0 unspecified atom stereocenters. The molecule has 2 N–H and O–H groups in total. The number of rotatable bonds is 6. The number of nitrogens with one attached hydrogen (secondary N) is 2. The molecule has 0 saturated carbocycles. The second kappa shape index (κ2) is 8.67. The largest absolute Gasteiger partial charge is 0.348 e. The van der Waals surface area contributed by atoms with Crippen LogP contribution in [0.3, 0.4) is 0 Å². The van der Waals surface area contributed by atoms with Crippen LogP contribution in [0.5, 0.6) is 0 Å². The van der Waals surface area contributed by atoms with Crippen molar-refractivity contribution in [1.82, 2.24) is 5.32 Å². The quantitative estimate of drug-likeness (QED) is 0.776. The van der Waals surface area contributed by atoms with E-state index in [-0.39, 0.29) is 23.5 Å². The van der Waals surface area contributed by atoms with Gasteiger partial charge in [-0.3, -0.25) is 13.8 Å². The highest BCUT2D eigenvalue weighted by Gasteiger charge is 2.24. The maximum absolute atomic E-state index is 12.2. The Bertz CT molecular complexity index is 901. The Morgan fingerprint density at radius 2 is 1.89 bits per heavy atom. The van der Waals surface area contributed by atoms with Crippen molar-refractivity contribution in [2.75, 3.05) is 16.8 Å². The first-order valence-electron chi connectivity index (χ1n) is 8.70. The number of halogens is 1. The van der Waals surface area contributed by atoms with E-state index < -0.39 is 16.7 Å². The summed E-state index contributed by atoms with van der Waals surface area (Å²) in [5, 5.41) is 6.12. The molecule has 1 aliphatic carbocycles. The van der Waals surface area contributed by atoms with Crippen LogP contribution in [0, 0.1) is 6.92 Å². The number of aryl methyl sites for hydroxylation is 2. The van der Waals surface area contributed by atoms with Crippen molar-refractivity contribution in [3.05, 3.63) is 64.2 Å². The molecule has 1 aliphatic rings. The molecule has 0 aliphatic heterocycles. The summed E-state index contributed by atoms with van der Waals surface area (Å²) in [5.74, 6) is -1.14. The summed E-state index contributed by atoms with van der Waals surface area (Å²) in [5.41, 5.74) is 3.80. The van der Waals surface area contributed by atoms with Crippen molar-refractivity contribution in [2.24, 2.45) is 0 Å². The van der Waals surface area contributed by atoms with E-state index in [2.05, 4.69) is 16.7 Å². The lowest BCUT2D eigenvalue weighted by atomic mass is 10.1. The molecule has 0 fully saturated rings. The number of benzene rings is 2. The molecule has 0 aromatic heterocycles. The third kappa shape index (κ3) is 5.17. The fourth-order valence-corrected chi connectivity index (χ4v) is 4.18. The number of fused-ring (bicyclic) bond motifs is 1.